The number of hydrogen-bond acceptors (Lipinski definition) is 10. The molecule has 0 saturated carbocycles. The molecule has 0 aliphatic carbocycles. The Morgan fingerprint density at radius 3 is 2.57 bits per heavy atom. The Balaban J connectivity index is 1.56. The second-order valence-corrected chi connectivity index (χ2v) is 8.69. The van der Waals surface area contributed by atoms with Crippen LogP contribution in [0.15, 0.2) is 53.1 Å². The largest absolute Gasteiger partial charge is 0.488 e. The number of aryl methyl sites for hydroxylation is 1. The van der Waals surface area contributed by atoms with Crippen LogP contribution in [0.3, 0.4) is 0 Å². The van der Waals surface area contributed by atoms with Gasteiger partial charge in [-0.25, -0.2) is 4.98 Å². The van der Waals surface area contributed by atoms with Crippen molar-refractivity contribution in [2.75, 3.05) is 19.0 Å². The molecule has 2 heterocycles. The van der Waals surface area contributed by atoms with E-state index in [0.29, 0.717) is 51.2 Å². The van der Waals surface area contributed by atoms with Crippen LogP contribution in [-0.2, 0) is 11.3 Å². The molecule has 0 saturated heterocycles. The molecule has 0 spiro atoms. The van der Waals surface area contributed by atoms with E-state index in [1.54, 1.807) is 56.5 Å². The van der Waals surface area contributed by atoms with E-state index in [-0.39, 0.29) is 18.6 Å². The minimum atomic E-state index is -0.388. The lowest BCUT2D eigenvalue weighted by molar-refractivity contribution is 0.0916. The van der Waals surface area contributed by atoms with Gasteiger partial charge in [-0.3, -0.25) is 10.1 Å². The summed E-state index contributed by atoms with van der Waals surface area (Å²) in [4.78, 5) is 17.7. The van der Waals surface area contributed by atoms with Gasteiger partial charge in [-0.1, -0.05) is 11.3 Å². The average Bonchev–Trinajstić information content (AvgIpc) is 3.48. The number of thiazole rings is 1. The summed E-state index contributed by atoms with van der Waals surface area (Å²) >= 11 is 1.20. The summed E-state index contributed by atoms with van der Waals surface area (Å²) in [5, 5.41) is 20.2. The third-order valence-electron chi connectivity index (χ3n) is 4.67. The molecule has 0 aliphatic rings. The fourth-order valence-corrected chi connectivity index (χ4v) is 3.82. The van der Waals surface area contributed by atoms with Crippen LogP contribution in [0, 0.1) is 6.92 Å². The number of aliphatic hydroxyl groups excluding tert-OH is 1. The van der Waals surface area contributed by atoms with Crippen LogP contribution in [0.2, 0.25) is 0 Å². The number of methoxy groups -OCH3 is 1. The number of nitrogens with zero attached hydrogens (tertiary/aromatic N) is 3. The lowest BCUT2D eigenvalue weighted by Gasteiger charge is -2.16. The normalized spacial score (nSPS) is 11.8. The molecule has 10 nitrogen and oxygen atoms in total. The van der Waals surface area contributed by atoms with Gasteiger partial charge in [0.25, 0.3) is 5.91 Å². The Kier molecular flexibility index (Phi) is 7.70. The van der Waals surface area contributed by atoms with Gasteiger partial charge in [-0.15, -0.1) is 10.2 Å². The first kappa shape index (κ1) is 24.3. The molecule has 4 rings (SSSR count). The molecule has 1 atom stereocenters. The number of rotatable bonds is 10. The van der Waals surface area contributed by atoms with Crippen molar-refractivity contribution >= 4 is 22.4 Å². The molecule has 182 valence electrons. The third kappa shape index (κ3) is 6.41. The third-order valence-corrected chi connectivity index (χ3v) is 5.57. The first-order valence-electron chi connectivity index (χ1n) is 10.7. The van der Waals surface area contributed by atoms with E-state index in [2.05, 4.69) is 20.5 Å². The van der Waals surface area contributed by atoms with Crippen LogP contribution in [0.25, 0.3) is 11.5 Å². The Labute approximate surface area is 205 Å². The van der Waals surface area contributed by atoms with Crippen molar-refractivity contribution in [3.8, 4) is 28.7 Å². The summed E-state index contributed by atoms with van der Waals surface area (Å²) in [6.07, 6.45) is 1.27. The maximum absolute atomic E-state index is 12.9. The van der Waals surface area contributed by atoms with Crippen LogP contribution in [0.4, 0.5) is 5.13 Å². The highest BCUT2D eigenvalue weighted by Crippen LogP contribution is 2.30. The number of aliphatic hydroxyl groups is 1. The Morgan fingerprint density at radius 1 is 1.14 bits per heavy atom. The van der Waals surface area contributed by atoms with Crippen molar-refractivity contribution < 1.29 is 28.5 Å². The van der Waals surface area contributed by atoms with Gasteiger partial charge >= 0.3 is 0 Å². The number of carbonyl (C=O) groups excluding carboxylic acids is 1. The zero-order valence-electron chi connectivity index (χ0n) is 19.3. The van der Waals surface area contributed by atoms with Gasteiger partial charge in [0.2, 0.25) is 11.8 Å². The number of ether oxygens (including phenoxy) is 3. The van der Waals surface area contributed by atoms with Gasteiger partial charge in [-0.05, 0) is 43.3 Å². The SMILES string of the molecule is COCC(C)Oc1cc(Oc2ccc(-c3nnc(C)o3)cc2)cc(C(=O)Nc2ncc(CO)s2)c1. The number of nitrogens with one attached hydrogen (secondary N) is 1. The molecule has 2 aromatic heterocycles. The highest BCUT2D eigenvalue weighted by Gasteiger charge is 2.15. The van der Waals surface area contributed by atoms with Crippen LogP contribution in [0.1, 0.15) is 28.0 Å². The molecular weight excluding hydrogens is 472 g/mol. The van der Waals surface area contributed by atoms with Gasteiger partial charge in [0.1, 0.15) is 23.4 Å². The van der Waals surface area contributed by atoms with E-state index in [1.165, 1.54) is 17.5 Å². The smallest absolute Gasteiger partial charge is 0.257 e. The van der Waals surface area contributed by atoms with Gasteiger partial charge in [-0.2, -0.15) is 0 Å². The van der Waals surface area contributed by atoms with Gasteiger partial charge < -0.3 is 23.7 Å². The second kappa shape index (κ2) is 11.1. The summed E-state index contributed by atoms with van der Waals surface area (Å²) in [5.74, 6) is 1.92. The average molecular weight is 497 g/mol. The standard InChI is InChI=1S/C24H24N4O6S/c1-14(13-31-3)32-19-8-17(22(30)26-24-25-11-21(12-29)35-24)9-20(10-19)34-18-6-4-16(5-7-18)23-28-27-15(2)33-23/h4-11,14,29H,12-13H2,1-3H3,(H,25,26,30). The number of anilines is 1. The molecule has 2 aromatic carbocycles. The fraction of sp³-hybridized carbons (Fsp3) is 0.250. The zero-order chi connectivity index (χ0) is 24.8. The van der Waals surface area contributed by atoms with E-state index in [1.807, 2.05) is 6.92 Å². The van der Waals surface area contributed by atoms with Crippen molar-refractivity contribution in [1.82, 2.24) is 15.2 Å². The van der Waals surface area contributed by atoms with E-state index in [9.17, 15) is 9.90 Å². The van der Waals surface area contributed by atoms with Crippen LogP contribution < -0.4 is 14.8 Å². The predicted molar refractivity (Wildman–Crippen MR) is 129 cm³/mol. The van der Waals surface area contributed by atoms with Gasteiger partial charge in [0.15, 0.2) is 5.13 Å². The number of carbonyl (C=O) groups is 1. The molecule has 0 aliphatic heterocycles. The lowest BCUT2D eigenvalue weighted by Crippen LogP contribution is -2.18. The van der Waals surface area contributed by atoms with Gasteiger partial charge in [0, 0.05) is 37.4 Å². The van der Waals surface area contributed by atoms with E-state index >= 15 is 0 Å². The van der Waals surface area contributed by atoms with Crippen LogP contribution in [0.5, 0.6) is 17.2 Å². The van der Waals surface area contributed by atoms with Crippen molar-refractivity contribution in [1.29, 1.82) is 0 Å². The van der Waals surface area contributed by atoms with Crippen molar-refractivity contribution in [2.45, 2.75) is 26.6 Å². The topological polar surface area (TPSA) is 129 Å². The number of benzene rings is 2. The second-order valence-electron chi connectivity index (χ2n) is 7.57. The number of hydrogen-bond donors (Lipinski definition) is 2. The molecule has 2 N–H and O–H groups in total. The predicted octanol–water partition coefficient (Wildman–Crippen LogP) is 4.45. The van der Waals surface area contributed by atoms with Crippen molar-refractivity contribution in [3.05, 3.63) is 65.0 Å². The Bertz CT molecular complexity index is 1290. The number of aromatic nitrogens is 3. The zero-order valence-corrected chi connectivity index (χ0v) is 20.2. The monoisotopic (exact) mass is 496 g/mol. The van der Waals surface area contributed by atoms with E-state index in [4.69, 9.17) is 18.6 Å². The fourth-order valence-electron chi connectivity index (χ4n) is 3.15. The minimum absolute atomic E-state index is 0.142. The van der Waals surface area contributed by atoms with Crippen molar-refractivity contribution in [3.63, 3.8) is 0 Å². The lowest BCUT2D eigenvalue weighted by atomic mass is 10.1. The molecule has 1 unspecified atom stereocenters. The maximum Gasteiger partial charge on any atom is 0.257 e. The van der Waals surface area contributed by atoms with Gasteiger partial charge in [0.05, 0.1) is 18.1 Å². The summed E-state index contributed by atoms with van der Waals surface area (Å²) < 4.78 is 22.5. The Morgan fingerprint density at radius 2 is 1.91 bits per heavy atom. The summed E-state index contributed by atoms with van der Waals surface area (Å²) in [7, 11) is 1.59. The summed E-state index contributed by atoms with van der Waals surface area (Å²) in [6, 6.07) is 12.1. The van der Waals surface area contributed by atoms with Crippen LogP contribution >= 0.6 is 11.3 Å². The first-order valence-corrected chi connectivity index (χ1v) is 11.5. The van der Waals surface area contributed by atoms with Crippen LogP contribution in [-0.4, -0.2) is 46.0 Å². The molecule has 35 heavy (non-hydrogen) atoms. The molecule has 1 amide bonds. The molecule has 4 aromatic rings. The molecule has 0 fully saturated rings. The van der Waals surface area contributed by atoms with Crippen molar-refractivity contribution in [2.24, 2.45) is 0 Å². The highest BCUT2D eigenvalue weighted by molar-refractivity contribution is 7.15. The molecular formula is C24H24N4O6S. The molecule has 0 radical (unpaired) electrons. The highest BCUT2D eigenvalue weighted by atomic mass is 32.1. The summed E-state index contributed by atoms with van der Waals surface area (Å²) in [5.41, 5.74) is 1.08. The summed E-state index contributed by atoms with van der Waals surface area (Å²) in [6.45, 7) is 3.83. The molecule has 0 bridgehead atoms. The molecule has 11 heteroatoms. The van der Waals surface area contributed by atoms with E-state index < -0.39 is 0 Å². The maximum atomic E-state index is 12.9. The van der Waals surface area contributed by atoms with E-state index in [0.717, 1.165) is 5.56 Å². The quantitative estimate of drug-likeness (QED) is 0.327. The minimum Gasteiger partial charge on any atom is -0.488 e. The first-order chi connectivity index (χ1) is 16.9. The Hall–Kier alpha value is -3.80. The number of amides is 1.